The number of fused-ring (bicyclic) bond motifs is 1. The van der Waals surface area contributed by atoms with Crippen LogP contribution in [0.3, 0.4) is 0 Å². The lowest BCUT2D eigenvalue weighted by molar-refractivity contribution is -0.199. The van der Waals surface area contributed by atoms with Crippen molar-refractivity contribution in [2.75, 3.05) is 6.61 Å². The van der Waals surface area contributed by atoms with Crippen LogP contribution in [0.4, 0.5) is 0 Å². The van der Waals surface area contributed by atoms with Crippen molar-refractivity contribution in [2.24, 2.45) is 16.7 Å². The minimum atomic E-state index is -2.12. The van der Waals surface area contributed by atoms with Gasteiger partial charge in [0.05, 0.1) is 12.7 Å². The maximum Gasteiger partial charge on any atom is 0.340 e. The van der Waals surface area contributed by atoms with Crippen LogP contribution in [0.2, 0.25) is 0 Å². The van der Waals surface area contributed by atoms with E-state index in [-0.39, 0.29) is 16.9 Å². The summed E-state index contributed by atoms with van der Waals surface area (Å²) in [5, 5.41) is 40.3. The fourth-order valence-corrected chi connectivity index (χ4v) is 4.67. The number of carboxylic acid groups (broad SMARTS) is 1. The first kappa shape index (κ1) is 15.5. The molecule has 114 valence electrons. The molecular weight excluding hydrogens is 260 g/mol. The maximum absolute atomic E-state index is 11.7. The zero-order valence-corrected chi connectivity index (χ0v) is 12.3. The Morgan fingerprint density at radius 1 is 1.35 bits per heavy atom. The summed E-state index contributed by atoms with van der Waals surface area (Å²) in [4.78, 5) is 11.7. The molecule has 5 nitrogen and oxygen atoms in total. The molecule has 0 saturated heterocycles. The van der Waals surface area contributed by atoms with Gasteiger partial charge in [0.2, 0.25) is 0 Å². The Morgan fingerprint density at radius 3 is 2.45 bits per heavy atom. The molecule has 2 rings (SSSR count). The summed E-state index contributed by atoms with van der Waals surface area (Å²) >= 11 is 0. The topological polar surface area (TPSA) is 98.0 Å². The number of carboxylic acids is 1. The molecule has 0 amide bonds. The summed E-state index contributed by atoms with van der Waals surface area (Å²) in [5.41, 5.74) is -3.39. The Balaban J connectivity index is 2.67. The van der Waals surface area contributed by atoms with E-state index in [4.69, 9.17) is 0 Å². The highest BCUT2D eigenvalue weighted by molar-refractivity contribution is 5.83. The summed E-state index contributed by atoms with van der Waals surface area (Å²) in [7, 11) is 0. The molecule has 0 unspecified atom stereocenters. The van der Waals surface area contributed by atoms with E-state index in [9.17, 15) is 25.2 Å². The number of aliphatic hydroxyl groups is 3. The number of carbonyl (C=O) groups is 1. The zero-order chi connectivity index (χ0) is 15.3. The molecule has 2 aliphatic carbocycles. The van der Waals surface area contributed by atoms with E-state index in [2.05, 4.69) is 0 Å². The molecule has 1 fully saturated rings. The first-order valence-corrected chi connectivity index (χ1v) is 7.07. The maximum atomic E-state index is 11.7. The number of hydrogen-bond acceptors (Lipinski definition) is 4. The zero-order valence-electron chi connectivity index (χ0n) is 12.3. The molecule has 5 heteroatoms. The van der Waals surface area contributed by atoms with E-state index in [1.807, 2.05) is 13.8 Å². The summed E-state index contributed by atoms with van der Waals surface area (Å²) in [5.74, 6) is -1.71. The van der Waals surface area contributed by atoms with Gasteiger partial charge in [-0.15, -0.1) is 0 Å². The quantitative estimate of drug-likeness (QED) is 0.565. The lowest BCUT2D eigenvalue weighted by atomic mass is 9.46. The van der Waals surface area contributed by atoms with E-state index in [0.29, 0.717) is 6.42 Å². The van der Waals surface area contributed by atoms with Crippen molar-refractivity contribution in [1.29, 1.82) is 0 Å². The minimum Gasteiger partial charge on any atom is -0.479 e. The van der Waals surface area contributed by atoms with Crippen LogP contribution in [0.25, 0.3) is 0 Å². The molecule has 0 aromatic heterocycles. The lowest BCUT2D eigenvalue weighted by Crippen LogP contribution is -2.66. The second-order valence-electron chi connectivity index (χ2n) is 7.09. The molecule has 2 aliphatic rings. The van der Waals surface area contributed by atoms with Crippen LogP contribution in [0.15, 0.2) is 11.6 Å². The molecule has 0 aliphatic heterocycles. The molecule has 0 aromatic carbocycles. The largest absolute Gasteiger partial charge is 0.479 e. The number of hydrogen-bond donors (Lipinski definition) is 4. The van der Waals surface area contributed by atoms with Crippen molar-refractivity contribution in [3.05, 3.63) is 11.6 Å². The van der Waals surface area contributed by atoms with Crippen molar-refractivity contribution in [3.63, 3.8) is 0 Å². The second kappa shape index (κ2) is 4.55. The normalized spacial score (nSPS) is 43.6. The van der Waals surface area contributed by atoms with Crippen LogP contribution in [-0.4, -0.2) is 44.7 Å². The van der Waals surface area contributed by atoms with Gasteiger partial charge in [-0.05, 0) is 23.8 Å². The smallest absolute Gasteiger partial charge is 0.340 e. The highest BCUT2D eigenvalue weighted by atomic mass is 16.4. The first-order chi connectivity index (χ1) is 9.11. The summed E-state index contributed by atoms with van der Waals surface area (Å²) in [6.07, 6.45) is 2.66. The van der Waals surface area contributed by atoms with Gasteiger partial charge in [-0.3, -0.25) is 0 Å². The Kier molecular flexibility index (Phi) is 3.52. The van der Waals surface area contributed by atoms with Crippen LogP contribution in [-0.2, 0) is 4.79 Å². The third-order valence-corrected chi connectivity index (χ3v) is 5.53. The van der Waals surface area contributed by atoms with Crippen molar-refractivity contribution >= 4 is 5.97 Å². The third-order valence-electron chi connectivity index (χ3n) is 5.53. The van der Waals surface area contributed by atoms with Gasteiger partial charge >= 0.3 is 5.97 Å². The van der Waals surface area contributed by atoms with Gasteiger partial charge in [0.25, 0.3) is 0 Å². The summed E-state index contributed by atoms with van der Waals surface area (Å²) in [6, 6.07) is 0. The van der Waals surface area contributed by atoms with Crippen molar-refractivity contribution < 1.29 is 25.2 Å². The minimum absolute atomic E-state index is 0.00560. The van der Waals surface area contributed by atoms with E-state index >= 15 is 0 Å². The van der Waals surface area contributed by atoms with Gasteiger partial charge < -0.3 is 20.4 Å². The predicted octanol–water partition coefficient (Wildman–Crippen LogP) is 0.928. The fourth-order valence-electron chi connectivity index (χ4n) is 4.67. The first-order valence-electron chi connectivity index (χ1n) is 7.07. The molecule has 0 bridgehead atoms. The van der Waals surface area contributed by atoms with Crippen LogP contribution < -0.4 is 0 Å². The van der Waals surface area contributed by atoms with Gasteiger partial charge in [-0.1, -0.05) is 33.3 Å². The van der Waals surface area contributed by atoms with Gasteiger partial charge in [0, 0.05) is 11.3 Å². The van der Waals surface area contributed by atoms with Crippen molar-refractivity contribution in [1.82, 2.24) is 0 Å². The Bertz CT molecular complexity index is 455. The number of rotatable bonds is 2. The van der Waals surface area contributed by atoms with Crippen LogP contribution in [0.5, 0.6) is 0 Å². The van der Waals surface area contributed by atoms with Gasteiger partial charge in [-0.2, -0.15) is 0 Å². The average molecular weight is 284 g/mol. The van der Waals surface area contributed by atoms with Crippen LogP contribution in [0.1, 0.15) is 40.0 Å². The molecule has 0 heterocycles. The molecular formula is C15H24O5. The average Bonchev–Trinajstić information content (AvgIpc) is 2.32. The van der Waals surface area contributed by atoms with Crippen LogP contribution >= 0.6 is 0 Å². The fraction of sp³-hybridized carbons (Fsp3) is 0.800. The van der Waals surface area contributed by atoms with E-state index < -0.39 is 29.7 Å². The van der Waals surface area contributed by atoms with E-state index in [1.165, 1.54) is 6.08 Å². The lowest BCUT2D eigenvalue weighted by Gasteiger charge is -2.59. The van der Waals surface area contributed by atoms with Crippen LogP contribution in [0, 0.1) is 16.7 Å². The predicted molar refractivity (Wildman–Crippen MR) is 73.0 cm³/mol. The van der Waals surface area contributed by atoms with E-state index in [0.717, 1.165) is 12.8 Å². The Labute approximate surface area is 118 Å². The monoisotopic (exact) mass is 284 g/mol. The Morgan fingerprint density at radius 2 is 1.95 bits per heavy atom. The number of aliphatic carboxylic acids is 1. The third kappa shape index (κ3) is 1.76. The summed E-state index contributed by atoms with van der Waals surface area (Å²) < 4.78 is 0. The highest BCUT2D eigenvalue weighted by Gasteiger charge is 2.66. The second-order valence-corrected chi connectivity index (χ2v) is 7.09. The SMILES string of the molecule is CC1(C)CCC[C@]2(C)[C@@H]1[C@H](O)C=C(CO)[C@@]2(O)C(=O)O. The van der Waals surface area contributed by atoms with Crippen molar-refractivity contribution in [2.45, 2.75) is 51.7 Å². The Hall–Kier alpha value is -0.910. The highest BCUT2D eigenvalue weighted by Crippen LogP contribution is 2.61. The van der Waals surface area contributed by atoms with Crippen molar-refractivity contribution in [3.8, 4) is 0 Å². The standard InChI is InChI=1S/C15H24O5/c1-13(2)5-4-6-14(3)11(13)10(17)7-9(8-16)15(14,20)12(18)19/h7,10-11,16-17,20H,4-6,8H2,1-3H3,(H,18,19)/t10-,11-,14-,15-/m1/s1. The summed E-state index contributed by atoms with van der Waals surface area (Å²) in [6.45, 7) is 5.15. The van der Waals surface area contributed by atoms with Gasteiger partial charge in [0.15, 0.2) is 5.60 Å². The number of aliphatic hydroxyl groups excluding tert-OH is 2. The molecule has 1 saturated carbocycles. The molecule has 0 spiro atoms. The molecule has 20 heavy (non-hydrogen) atoms. The molecule has 0 aromatic rings. The molecule has 4 atom stereocenters. The van der Waals surface area contributed by atoms with Gasteiger partial charge in [0.1, 0.15) is 0 Å². The van der Waals surface area contributed by atoms with Gasteiger partial charge in [-0.25, -0.2) is 4.79 Å². The molecule has 4 N–H and O–H groups in total. The van der Waals surface area contributed by atoms with E-state index in [1.54, 1.807) is 6.92 Å². The molecule has 0 radical (unpaired) electrons.